The van der Waals surface area contributed by atoms with Gasteiger partial charge in [-0.25, -0.2) is 0 Å². The lowest BCUT2D eigenvalue weighted by Gasteiger charge is -2.43. The van der Waals surface area contributed by atoms with Gasteiger partial charge in [0.1, 0.15) is 0 Å². The summed E-state index contributed by atoms with van der Waals surface area (Å²) in [6.07, 6.45) is 6.42. The van der Waals surface area contributed by atoms with E-state index in [1.165, 1.54) is 0 Å². The van der Waals surface area contributed by atoms with Crippen LogP contribution in [0.3, 0.4) is 0 Å². The molecule has 0 aliphatic carbocycles. The fourth-order valence-electron chi connectivity index (χ4n) is 5.14. The van der Waals surface area contributed by atoms with Crippen molar-refractivity contribution >= 4 is 5.91 Å². The topological polar surface area (TPSA) is 58.4 Å². The summed E-state index contributed by atoms with van der Waals surface area (Å²) in [6, 6.07) is 7.85. The highest BCUT2D eigenvalue weighted by molar-refractivity contribution is 5.78. The Morgan fingerprint density at radius 1 is 1.07 bits per heavy atom. The molecule has 0 radical (unpaired) electrons. The Morgan fingerprint density at radius 2 is 2.00 bits per heavy atom. The molecule has 3 aliphatic rings. The molecule has 2 aromatic rings. The van der Waals surface area contributed by atoms with Crippen molar-refractivity contribution in [3.8, 4) is 11.1 Å². The smallest absolute Gasteiger partial charge is 0.251 e. The number of amides is 1. The van der Waals surface area contributed by atoms with Crippen molar-refractivity contribution in [2.45, 2.75) is 31.7 Å². The Labute approximate surface area is 164 Å². The first-order chi connectivity index (χ1) is 13.7. The first kappa shape index (κ1) is 17.6. The summed E-state index contributed by atoms with van der Waals surface area (Å²) in [5.41, 5.74) is 3.21. The number of likely N-dealkylation sites (tertiary alicyclic amines) is 2. The number of pyridine rings is 2. The van der Waals surface area contributed by atoms with Gasteiger partial charge in [0.05, 0.1) is 0 Å². The van der Waals surface area contributed by atoms with E-state index in [1.807, 2.05) is 27.8 Å². The van der Waals surface area contributed by atoms with Crippen molar-refractivity contribution in [1.29, 1.82) is 0 Å². The van der Waals surface area contributed by atoms with E-state index in [-0.39, 0.29) is 5.56 Å². The van der Waals surface area contributed by atoms with Gasteiger partial charge in [-0.1, -0.05) is 6.07 Å². The molecule has 0 aromatic carbocycles. The number of nitrogens with zero attached hydrogens (tertiary/aromatic N) is 4. The van der Waals surface area contributed by atoms with Gasteiger partial charge in [0, 0.05) is 81.3 Å². The molecule has 146 valence electrons. The first-order valence-electron chi connectivity index (χ1n) is 10.3. The molecule has 0 unspecified atom stereocenters. The number of carbonyl (C=O) groups is 1. The van der Waals surface area contributed by atoms with Crippen LogP contribution in [-0.4, -0.2) is 58.0 Å². The monoisotopic (exact) mass is 378 g/mol. The lowest BCUT2D eigenvalue weighted by atomic mass is 9.82. The van der Waals surface area contributed by atoms with E-state index < -0.39 is 0 Å². The standard InChI is InChI=1S/C22H26N4O2/c27-21-4-2-6-25(21)8-7-24-13-16-9-19(15-24)20-10-18(11-22(28)26(20)14-16)17-3-1-5-23-12-17/h1,3,5,10-12,16,19H,2,4,6-9,13-15H2/t16-,19+/m0/s1. The lowest BCUT2D eigenvalue weighted by molar-refractivity contribution is -0.127. The molecule has 5 rings (SSSR count). The van der Waals surface area contributed by atoms with Gasteiger partial charge in [0.2, 0.25) is 5.91 Å². The van der Waals surface area contributed by atoms with E-state index in [0.717, 1.165) is 68.9 Å². The van der Waals surface area contributed by atoms with E-state index in [0.29, 0.717) is 24.2 Å². The highest BCUT2D eigenvalue weighted by Crippen LogP contribution is 2.36. The van der Waals surface area contributed by atoms with Crippen LogP contribution in [0, 0.1) is 5.92 Å². The lowest BCUT2D eigenvalue weighted by Crippen LogP contribution is -2.49. The molecule has 3 aliphatic heterocycles. The van der Waals surface area contributed by atoms with Crippen LogP contribution >= 0.6 is 0 Å². The largest absolute Gasteiger partial charge is 0.341 e. The maximum atomic E-state index is 12.8. The predicted octanol–water partition coefficient (Wildman–Crippen LogP) is 1.95. The van der Waals surface area contributed by atoms with Crippen molar-refractivity contribution < 1.29 is 4.79 Å². The average Bonchev–Trinajstić information content (AvgIpc) is 3.12. The van der Waals surface area contributed by atoms with Gasteiger partial charge in [-0.2, -0.15) is 0 Å². The maximum Gasteiger partial charge on any atom is 0.251 e. The number of fused-ring (bicyclic) bond motifs is 4. The molecular weight excluding hydrogens is 352 g/mol. The first-order valence-corrected chi connectivity index (χ1v) is 10.3. The summed E-state index contributed by atoms with van der Waals surface area (Å²) in [7, 11) is 0. The molecule has 0 N–H and O–H groups in total. The van der Waals surface area contributed by atoms with Crippen LogP contribution in [0.15, 0.2) is 41.5 Å². The third-order valence-corrected chi connectivity index (χ3v) is 6.48. The van der Waals surface area contributed by atoms with Crippen molar-refractivity contribution in [1.82, 2.24) is 19.4 Å². The normalized spacial score (nSPS) is 24.4. The van der Waals surface area contributed by atoms with E-state index in [1.54, 1.807) is 12.3 Å². The zero-order valence-electron chi connectivity index (χ0n) is 16.1. The van der Waals surface area contributed by atoms with Gasteiger partial charge >= 0.3 is 0 Å². The van der Waals surface area contributed by atoms with E-state index in [4.69, 9.17) is 0 Å². The molecule has 2 aromatic heterocycles. The van der Waals surface area contributed by atoms with Crippen LogP contribution in [0.2, 0.25) is 0 Å². The Hall–Kier alpha value is -2.47. The summed E-state index contributed by atoms with van der Waals surface area (Å²) in [5, 5.41) is 0. The van der Waals surface area contributed by atoms with Crippen LogP contribution in [0.1, 0.15) is 30.9 Å². The third-order valence-electron chi connectivity index (χ3n) is 6.48. The molecule has 28 heavy (non-hydrogen) atoms. The molecule has 0 spiro atoms. The molecular formula is C22H26N4O2. The van der Waals surface area contributed by atoms with E-state index >= 15 is 0 Å². The molecule has 2 bridgehead atoms. The fraction of sp³-hybridized carbons (Fsp3) is 0.500. The molecule has 0 saturated carbocycles. The van der Waals surface area contributed by atoms with Crippen molar-refractivity contribution in [2.24, 2.45) is 5.92 Å². The summed E-state index contributed by atoms with van der Waals surface area (Å²) >= 11 is 0. The quantitative estimate of drug-likeness (QED) is 0.816. The Kier molecular flexibility index (Phi) is 4.51. The Bertz CT molecular complexity index is 939. The summed E-state index contributed by atoms with van der Waals surface area (Å²) in [4.78, 5) is 33.4. The number of aromatic nitrogens is 2. The van der Waals surface area contributed by atoms with E-state index in [2.05, 4.69) is 16.0 Å². The minimum absolute atomic E-state index is 0.0992. The fourth-order valence-corrected chi connectivity index (χ4v) is 5.14. The molecule has 6 heteroatoms. The highest BCUT2D eigenvalue weighted by atomic mass is 16.2. The van der Waals surface area contributed by atoms with E-state index in [9.17, 15) is 9.59 Å². The number of hydrogen-bond acceptors (Lipinski definition) is 4. The second-order valence-corrected chi connectivity index (χ2v) is 8.40. The zero-order valence-corrected chi connectivity index (χ0v) is 16.1. The maximum absolute atomic E-state index is 12.8. The molecule has 2 saturated heterocycles. The van der Waals surface area contributed by atoms with Crippen molar-refractivity contribution in [2.75, 3.05) is 32.7 Å². The molecule has 2 fully saturated rings. The Morgan fingerprint density at radius 3 is 2.79 bits per heavy atom. The van der Waals surface area contributed by atoms with Gasteiger partial charge in [0.15, 0.2) is 0 Å². The minimum Gasteiger partial charge on any atom is -0.341 e. The van der Waals surface area contributed by atoms with Gasteiger partial charge in [0.25, 0.3) is 5.56 Å². The Balaban J connectivity index is 1.37. The number of rotatable bonds is 4. The number of hydrogen-bond donors (Lipinski definition) is 0. The molecule has 2 atom stereocenters. The van der Waals surface area contributed by atoms with Gasteiger partial charge in [-0.15, -0.1) is 0 Å². The number of carbonyl (C=O) groups excluding carboxylic acids is 1. The van der Waals surface area contributed by atoms with Crippen molar-refractivity contribution in [3.05, 3.63) is 52.7 Å². The van der Waals surface area contributed by atoms with Crippen LogP contribution in [0.4, 0.5) is 0 Å². The average molecular weight is 378 g/mol. The SMILES string of the molecule is O=C1CCCN1CCN1C[C@@H]2C[C@H](C1)c1cc(-c3cccnc3)cc(=O)n1C2. The second-order valence-electron chi connectivity index (χ2n) is 8.40. The zero-order chi connectivity index (χ0) is 19.1. The summed E-state index contributed by atoms with van der Waals surface area (Å²) < 4.78 is 1.99. The van der Waals surface area contributed by atoms with Crippen LogP contribution in [-0.2, 0) is 11.3 Å². The third kappa shape index (κ3) is 3.26. The van der Waals surface area contributed by atoms with Gasteiger partial charge in [-0.3, -0.25) is 14.6 Å². The van der Waals surface area contributed by atoms with Crippen molar-refractivity contribution in [3.63, 3.8) is 0 Å². The molecule has 1 amide bonds. The van der Waals surface area contributed by atoms with Gasteiger partial charge in [-0.05, 0) is 36.5 Å². The second kappa shape index (κ2) is 7.17. The summed E-state index contributed by atoms with van der Waals surface area (Å²) in [5.74, 6) is 1.20. The van der Waals surface area contributed by atoms with Crippen LogP contribution in [0.25, 0.3) is 11.1 Å². The predicted molar refractivity (Wildman–Crippen MR) is 107 cm³/mol. The number of piperidine rings is 1. The minimum atomic E-state index is 0.0992. The summed E-state index contributed by atoms with van der Waals surface area (Å²) in [6.45, 7) is 5.47. The van der Waals surface area contributed by atoms with Crippen LogP contribution in [0.5, 0.6) is 0 Å². The molecule has 6 nitrogen and oxygen atoms in total. The molecule has 5 heterocycles. The highest BCUT2D eigenvalue weighted by Gasteiger charge is 2.35. The van der Waals surface area contributed by atoms with Crippen LogP contribution < -0.4 is 5.56 Å². The van der Waals surface area contributed by atoms with Gasteiger partial charge < -0.3 is 14.4 Å².